The van der Waals surface area contributed by atoms with E-state index in [2.05, 4.69) is 4.98 Å². The van der Waals surface area contributed by atoms with Gasteiger partial charge in [-0.05, 0) is 11.6 Å². The number of nitrogens with one attached hydrogen (secondary N) is 1. The van der Waals surface area contributed by atoms with E-state index in [1.165, 1.54) is 18.2 Å². The predicted molar refractivity (Wildman–Crippen MR) is 72.9 cm³/mol. The zero-order valence-electron chi connectivity index (χ0n) is 11.6. The lowest BCUT2D eigenvalue weighted by atomic mass is 9.93. The van der Waals surface area contributed by atoms with Gasteiger partial charge in [-0.15, -0.1) is 0 Å². The first-order valence-corrected chi connectivity index (χ1v) is 6.47. The summed E-state index contributed by atoms with van der Waals surface area (Å²) >= 11 is 0. The number of amides is 1. The highest BCUT2D eigenvalue weighted by atomic mass is 19.4. The van der Waals surface area contributed by atoms with Crippen LogP contribution in [0.25, 0.3) is 0 Å². The summed E-state index contributed by atoms with van der Waals surface area (Å²) in [5.74, 6) is -1.78. The van der Waals surface area contributed by atoms with E-state index in [-0.39, 0.29) is 5.56 Å². The lowest BCUT2D eigenvalue weighted by Crippen LogP contribution is -2.51. The Hall–Kier alpha value is -2.48. The van der Waals surface area contributed by atoms with Crippen molar-refractivity contribution >= 4 is 5.91 Å². The van der Waals surface area contributed by atoms with Crippen LogP contribution in [-0.2, 0) is 5.60 Å². The summed E-state index contributed by atoms with van der Waals surface area (Å²) in [6.45, 7) is -1.12. The summed E-state index contributed by atoms with van der Waals surface area (Å²) < 4.78 is 52.7. The van der Waals surface area contributed by atoms with E-state index in [1.807, 2.05) is 5.32 Å². The lowest BCUT2D eigenvalue weighted by molar-refractivity contribution is -0.263. The number of benzene rings is 1. The van der Waals surface area contributed by atoms with Gasteiger partial charge in [0.1, 0.15) is 5.82 Å². The van der Waals surface area contributed by atoms with Crippen molar-refractivity contribution in [3.8, 4) is 0 Å². The fourth-order valence-electron chi connectivity index (χ4n) is 1.93. The van der Waals surface area contributed by atoms with Gasteiger partial charge in [0.25, 0.3) is 5.91 Å². The van der Waals surface area contributed by atoms with Crippen LogP contribution < -0.4 is 5.32 Å². The zero-order valence-corrected chi connectivity index (χ0v) is 11.6. The molecule has 4 nitrogen and oxygen atoms in total. The number of hydrogen-bond acceptors (Lipinski definition) is 3. The van der Waals surface area contributed by atoms with Crippen molar-refractivity contribution in [1.29, 1.82) is 0 Å². The molecule has 1 aromatic heterocycles. The summed E-state index contributed by atoms with van der Waals surface area (Å²) in [6, 6.07) is 7.20. The smallest absolute Gasteiger partial charge is 0.375 e. The van der Waals surface area contributed by atoms with Crippen LogP contribution in [0.3, 0.4) is 0 Å². The van der Waals surface area contributed by atoms with Gasteiger partial charge < -0.3 is 10.4 Å². The Kier molecular flexibility index (Phi) is 4.65. The Morgan fingerprint density at radius 2 is 1.83 bits per heavy atom. The molecule has 0 fully saturated rings. The molecule has 1 amide bonds. The molecule has 8 heteroatoms. The zero-order chi connectivity index (χ0) is 17.1. The molecule has 1 aromatic carbocycles. The van der Waals surface area contributed by atoms with Crippen LogP contribution in [0.4, 0.5) is 17.6 Å². The topological polar surface area (TPSA) is 62.2 Å². The quantitative estimate of drug-likeness (QED) is 0.847. The second-order valence-corrected chi connectivity index (χ2v) is 4.80. The van der Waals surface area contributed by atoms with Crippen molar-refractivity contribution in [1.82, 2.24) is 10.3 Å². The van der Waals surface area contributed by atoms with E-state index in [9.17, 15) is 27.5 Å². The molecule has 0 bridgehead atoms. The van der Waals surface area contributed by atoms with Crippen LogP contribution in [0.2, 0.25) is 0 Å². The molecule has 0 aliphatic heterocycles. The summed E-state index contributed by atoms with van der Waals surface area (Å²) in [4.78, 5) is 15.2. The van der Waals surface area contributed by atoms with E-state index < -0.39 is 35.6 Å². The number of rotatable bonds is 4. The highest BCUT2D eigenvalue weighted by Crippen LogP contribution is 2.38. The van der Waals surface area contributed by atoms with Crippen molar-refractivity contribution in [3.05, 3.63) is 65.7 Å². The second kappa shape index (κ2) is 6.33. The van der Waals surface area contributed by atoms with Gasteiger partial charge in [0.05, 0.1) is 18.3 Å². The van der Waals surface area contributed by atoms with Crippen molar-refractivity contribution in [2.75, 3.05) is 6.54 Å². The first-order chi connectivity index (χ1) is 10.7. The van der Waals surface area contributed by atoms with Gasteiger partial charge in [-0.1, -0.05) is 30.3 Å². The van der Waals surface area contributed by atoms with Crippen LogP contribution in [0.5, 0.6) is 0 Å². The van der Waals surface area contributed by atoms with Gasteiger partial charge in [0.15, 0.2) is 0 Å². The fraction of sp³-hybridized carbons (Fsp3) is 0.200. The second-order valence-electron chi connectivity index (χ2n) is 4.80. The number of halogens is 4. The maximum atomic E-state index is 13.2. The molecular formula is C15H12F4N2O2. The van der Waals surface area contributed by atoms with Crippen LogP contribution in [0, 0.1) is 5.82 Å². The molecule has 0 spiro atoms. The average molecular weight is 328 g/mol. The van der Waals surface area contributed by atoms with Gasteiger partial charge in [0, 0.05) is 6.20 Å². The SMILES string of the molecule is O=C(NCC(O)(c1ccccc1)C(F)(F)F)c1cncc(F)c1. The first-order valence-electron chi connectivity index (χ1n) is 6.47. The van der Waals surface area contributed by atoms with Gasteiger partial charge in [-0.3, -0.25) is 9.78 Å². The third kappa shape index (κ3) is 3.65. The third-order valence-corrected chi connectivity index (χ3v) is 3.19. The van der Waals surface area contributed by atoms with E-state index in [0.717, 1.165) is 30.6 Å². The summed E-state index contributed by atoms with van der Waals surface area (Å²) in [5, 5.41) is 12.0. The average Bonchev–Trinajstić information content (AvgIpc) is 2.52. The molecule has 1 unspecified atom stereocenters. The maximum absolute atomic E-state index is 13.2. The predicted octanol–water partition coefficient (Wildman–Crippen LogP) is 2.40. The minimum Gasteiger partial charge on any atom is -0.375 e. The van der Waals surface area contributed by atoms with Gasteiger partial charge in [0.2, 0.25) is 5.60 Å². The highest BCUT2D eigenvalue weighted by molar-refractivity contribution is 5.93. The Balaban J connectivity index is 2.22. The number of pyridine rings is 1. The van der Waals surface area contributed by atoms with Crippen molar-refractivity contribution in [2.45, 2.75) is 11.8 Å². The number of carbonyl (C=O) groups excluding carboxylic acids is 1. The minimum atomic E-state index is -5.01. The van der Waals surface area contributed by atoms with Crippen molar-refractivity contribution in [2.24, 2.45) is 0 Å². The molecule has 2 aromatic rings. The Morgan fingerprint density at radius 1 is 1.17 bits per heavy atom. The molecule has 1 atom stereocenters. The van der Waals surface area contributed by atoms with Crippen LogP contribution >= 0.6 is 0 Å². The monoisotopic (exact) mass is 328 g/mol. The third-order valence-electron chi connectivity index (χ3n) is 3.19. The molecule has 2 N–H and O–H groups in total. The van der Waals surface area contributed by atoms with Crippen LogP contribution in [0.1, 0.15) is 15.9 Å². The fourth-order valence-corrected chi connectivity index (χ4v) is 1.93. The largest absolute Gasteiger partial charge is 0.423 e. The van der Waals surface area contributed by atoms with Crippen LogP contribution in [-0.4, -0.2) is 28.7 Å². The molecule has 122 valence electrons. The molecule has 2 rings (SSSR count). The summed E-state index contributed by atoms with van der Waals surface area (Å²) in [6.07, 6.45) is -3.15. The molecule has 23 heavy (non-hydrogen) atoms. The number of hydrogen-bond donors (Lipinski definition) is 2. The first kappa shape index (κ1) is 16.9. The van der Waals surface area contributed by atoms with E-state index in [0.29, 0.717) is 0 Å². The number of alkyl halides is 3. The van der Waals surface area contributed by atoms with E-state index >= 15 is 0 Å². The Labute approximate surface area is 128 Å². The number of nitrogens with zero attached hydrogens (tertiary/aromatic N) is 1. The molecule has 0 radical (unpaired) electrons. The molecule has 0 saturated heterocycles. The van der Waals surface area contributed by atoms with E-state index in [4.69, 9.17) is 0 Å². The van der Waals surface area contributed by atoms with Crippen molar-refractivity contribution < 1.29 is 27.5 Å². The van der Waals surface area contributed by atoms with Gasteiger partial charge >= 0.3 is 6.18 Å². The van der Waals surface area contributed by atoms with Crippen LogP contribution in [0.15, 0.2) is 48.8 Å². The lowest BCUT2D eigenvalue weighted by Gasteiger charge is -2.31. The number of carbonyl (C=O) groups is 1. The summed E-state index contributed by atoms with van der Waals surface area (Å²) in [7, 11) is 0. The molecule has 1 heterocycles. The van der Waals surface area contributed by atoms with Gasteiger partial charge in [-0.25, -0.2) is 4.39 Å². The number of aliphatic hydroxyl groups is 1. The maximum Gasteiger partial charge on any atom is 0.423 e. The molecule has 0 aliphatic rings. The minimum absolute atomic E-state index is 0.248. The standard InChI is InChI=1S/C15H12F4N2O2/c16-12-6-10(7-20-8-12)13(22)21-9-14(23,15(17,18)19)11-4-2-1-3-5-11/h1-8,23H,9H2,(H,21,22). The molecule has 0 saturated carbocycles. The normalized spacial score (nSPS) is 14.1. The molecular weight excluding hydrogens is 316 g/mol. The number of aromatic nitrogens is 1. The highest BCUT2D eigenvalue weighted by Gasteiger charge is 2.55. The molecule has 0 aliphatic carbocycles. The van der Waals surface area contributed by atoms with E-state index in [1.54, 1.807) is 0 Å². The van der Waals surface area contributed by atoms with Crippen molar-refractivity contribution in [3.63, 3.8) is 0 Å². The Morgan fingerprint density at radius 3 is 2.39 bits per heavy atom. The Bertz CT molecular complexity index is 691. The van der Waals surface area contributed by atoms with Gasteiger partial charge in [-0.2, -0.15) is 13.2 Å². The summed E-state index contributed by atoms with van der Waals surface area (Å²) in [5.41, 5.74) is -3.92.